The quantitative estimate of drug-likeness (QED) is 0.429. The van der Waals surface area contributed by atoms with Crippen LogP contribution in [0.5, 0.6) is 0 Å². The van der Waals surface area contributed by atoms with Crippen molar-refractivity contribution < 1.29 is 4.39 Å². The standard InChI is InChI=1S/C7H12ClF/c1-6(7(2)9)4-3-5-8/h3-4,6-7H,5H2,1-2H3/b4-3-. The van der Waals surface area contributed by atoms with Gasteiger partial charge in [-0.2, -0.15) is 0 Å². The van der Waals surface area contributed by atoms with E-state index in [0.717, 1.165) is 0 Å². The predicted molar refractivity (Wildman–Crippen MR) is 39.6 cm³/mol. The van der Waals surface area contributed by atoms with Crippen LogP contribution in [0.1, 0.15) is 13.8 Å². The Hall–Kier alpha value is -0.0400. The molecule has 54 valence electrons. The predicted octanol–water partition coefficient (Wildman–Crippen LogP) is 2.78. The number of allylic oxidation sites excluding steroid dienone is 2. The third-order valence-electron chi connectivity index (χ3n) is 1.25. The van der Waals surface area contributed by atoms with Crippen molar-refractivity contribution in [2.45, 2.75) is 20.0 Å². The van der Waals surface area contributed by atoms with Gasteiger partial charge in [-0.3, -0.25) is 0 Å². The molecule has 0 aromatic rings. The molecular formula is C7H12ClF. The molecule has 0 amide bonds. The van der Waals surface area contributed by atoms with Crippen molar-refractivity contribution in [1.29, 1.82) is 0 Å². The summed E-state index contributed by atoms with van der Waals surface area (Å²) in [6.45, 7) is 3.37. The number of rotatable bonds is 3. The molecule has 0 N–H and O–H groups in total. The first-order valence-electron chi connectivity index (χ1n) is 3.05. The Balaban J connectivity index is 3.48. The smallest absolute Gasteiger partial charge is 0.103 e. The number of hydrogen-bond donors (Lipinski definition) is 0. The molecule has 0 aliphatic carbocycles. The third-order valence-corrected chi connectivity index (χ3v) is 1.43. The second kappa shape index (κ2) is 4.80. The van der Waals surface area contributed by atoms with Gasteiger partial charge < -0.3 is 0 Å². The minimum atomic E-state index is -0.774. The molecule has 9 heavy (non-hydrogen) atoms. The molecule has 0 aliphatic rings. The summed E-state index contributed by atoms with van der Waals surface area (Å²) in [6.07, 6.45) is 2.78. The van der Waals surface area contributed by atoms with Crippen molar-refractivity contribution in [2.75, 3.05) is 5.88 Å². The van der Waals surface area contributed by atoms with Crippen LogP contribution in [-0.4, -0.2) is 12.1 Å². The van der Waals surface area contributed by atoms with E-state index in [9.17, 15) is 4.39 Å². The average molecular weight is 151 g/mol. The molecule has 0 bridgehead atoms. The maximum atomic E-state index is 12.3. The lowest BCUT2D eigenvalue weighted by molar-refractivity contribution is 0.300. The van der Waals surface area contributed by atoms with Gasteiger partial charge in [-0.25, -0.2) is 4.39 Å². The van der Waals surface area contributed by atoms with E-state index in [4.69, 9.17) is 11.6 Å². The second-order valence-electron chi connectivity index (χ2n) is 2.12. The zero-order valence-corrected chi connectivity index (χ0v) is 6.53. The Morgan fingerprint density at radius 3 is 2.44 bits per heavy atom. The van der Waals surface area contributed by atoms with Gasteiger partial charge in [0.05, 0.1) is 0 Å². The van der Waals surface area contributed by atoms with E-state index in [2.05, 4.69) is 0 Å². The first-order valence-corrected chi connectivity index (χ1v) is 3.58. The molecule has 0 saturated carbocycles. The molecule has 0 saturated heterocycles. The summed E-state index contributed by atoms with van der Waals surface area (Å²) in [5.74, 6) is 0.459. The van der Waals surface area contributed by atoms with Crippen molar-refractivity contribution >= 4 is 11.6 Å². The second-order valence-corrected chi connectivity index (χ2v) is 2.43. The Morgan fingerprint density at radius 1 is 1.56 bits per heavy atom. The molecule has 0 heterocycles. The minimum absolute atomic E-state index is 0.0104. The fourth-order valence-electron chi connectivity index (χ4n) is 0.419. The Morgan fingerprint density at radius 2 is 2.11 bits per heavy atom. The maximum absolute atomic E-state index is 12.3. The Kier molecular flexibility index (Phi) is 4.78. The molecule has 0 fully saturated rings. The van der Waals surface area contributed by atoms with Crippen LogP contribution >= 0.6 is 11.6 Å². The summed E-state index contributed by atoms with van der Waals surface area (Å²) >= 11 is 5.34. The summed E-state index contributed by atoms with van der Waals surface area (Å²) in [5, 5.41) is 0. The highest BCUT2D eigenvalue weighted by atomic mass is 35.5. The fraction of sp³-hybridized carbons (Fsp3) is 0.714. The van der Waals surface area contributed by atoms with Crippen LogP contribution in [0, 0.1) is 5.92 Å². The maximum Gasteiger partial charge on any atom is 0.103 e. The molecule has 0 rings (SSSR count). The van der Waals surface area contributed by atoms with Crippen LogP contribution in [-0.2, 0) is 0 Å². The van der Waals surface area contributed by atoms with E-state index in [1.165, 1.54) is 0 Å². The van der Waals surface area contributed by atoms with Crippen LogP contribution in [0.4, 0.5) is 4.39 Å². The van der Waals surface area contributed by atoms with E-state index in [1.54, 1.807) is 19.1 Å². The zero-order chi connectivity index (χ0) is 7.28. The summed E-state index contributed by atoms with van der Waals surface area (Å²) < 4.78 is 12.3. The molecule has 2 heteroatoms. The number of halogens is 2. The summed E-state index contributed by atoms with van der Waals surface area (Å²) in [4.78, 5) is 0. The molecule has 2 unspecified atom stereocenters. The first kappa shape index (κ1) is 8.96. The largest absolute Gasteiger partial charge is 0.247 e. The van der Waals surface area contributed by atoms with Gasteiger partial charge in [-0.1, -0.05) is 19.1 Å². The summed E-state index contributed by atoms with van der Waals surface area (Å²) in [7, 11) is 0. The van der Waals surface area contributed by atoms with Gasteiger partial charge in [0.25, 0.3) is 0 Å². The molecule has 0 spiro atoms. The van der Waals surface area contributed by atoms with Gasteiger partial charge >= 0.3 is 0 Å². The van der Waals surface area contributed by atoms with E-state index >= 15 is 0 Å². The van der Waals surface area contributed by atoms with Crippen LogP contribution in [0.25, 0.3) is 0 Å². The van der Waals surface area contributed by atoms with Gasteiger partial charge in [0.15, 0.2) is 0 Å². The molecule has 0 aliphatic heterocycles. The Bertz CT molecular complexity index is 88.9. The van der Waals surface area contributed by atoms with Crippen LogP contribution in [0.3, 0.4) is 0 Å². The third kappa shape index (κ3) is 4.46. The highest BCUT2D eigenvalue weighted by molar-refractivity contribution is 6.18. The van der Waals surface area contributed by atoms with Gasteiger partial charge in [0, 0.05) is 11.8 Å². The van der Waals surface area contributed by atoms with E-state index < -0.39 is 6.17 Å². The summed E-state index contributed by atoms with van der Waals surface area (Å²) in [6, 6.07) is 0. The lowest BCUT2D eigenvalue weighted by atomic mass is 10.1. The molecule has 0 aromatic carbocycles. The lowest BCUT2D eigenvalue weighted by Crippen LogP contribution is -2.03. The molecule has 0 aromatic heterocycles. The van der Waals surface area contributed by atoms with Crippen molar-refractivity contribution in [3.8, 4) is 0 Å². The van der Waals surface area contributed by atoms with Gasteiger partial charge in [0.1, 0.15) is 6.17 Å². The number of hydrogen-bond acceptors (Lipinski definition) is 0. The van der Waals surface area contributed by atoms with Crippen molar-refractivity contribution in [3.63, 3.8) is 0 Å². The summed E-state index contributed by atoms with van der Waals surface area (Å²) in [5.41, 5.74) is 0. The van der Waals surface area contributed by atoms with Crippen LogP contribution < -0.4 is 0 Å². The Labute approximate surface area is 60.7 Å². The van der Waals surface area contributed by atoms with Crippen molar-refractivity contribution in [2.24, 2.45) is 5.92 Å². The van der Waals surface area contributed by atoms with E-state index in [-0.39, 0.29) is 5.92 Å². The molecule has 0 nitrogen and oxygen atoms in total. The highest BCUT2D eigenvalue weighted by Gasteiger charge is 2.04. The van der Waals surface area contributed by atoms with Gasteiger partial charge in [0.2, 0.25) is 0 Å². The van der Waals surface area contributed by atoms with E-state index in [0.29, 0.717) is 5.88 Å². The monoisotopic (exact) mass is 150 g/mol. The topological polar surface area (TPSA) is 0 Å². The normalized spacial score (nSPS) is 18.2. The SMILES string of the molecule is CC(F)C(C)/C=C\CCl. The van der Waals surface area contributed by atoms with Crippen molar-refractivity contribution in [1.82, 2.24) is 0 Å². The van der Waals surface area contributed by atoms with E-state index in [1.807, 2.05) is 6.92 Å². The molecular weight excluding hydrogens is 139 g/mol. The molecule has 0 radical (unpaired) electrons. The number of alkyl halides is 2. The van der Waals surface area contributed by atoms with Gasteiger partial charge in [-0.05, 0) is 6.92 Å². The zero-order valence-electron chi connectivity index (χ0n) is 5.77. The first-order chi connectivity index (χ1) is 4.18. The fourth-order valence-corrected chi connectivity index (χ4v) is 0.522. The highest BCUT2D eigenvalue weighted by Crippen LogP contribution is 2.07. The average Bonchev–Trinajstić information content (AvgIpc) is 1.82. The van der Waals surface area contributed by atoms with Crippen LogP contribution in [0.15, 0.2) is 12.2 Å². The van der Waals surface area contributed by atoms with Crippen molar-refractivity contribution in [3.05, 3.63) is 12.2 Å². The van der Waals surface area contributed by atoms with Gasteiger partial charge in [-0.15, -0.1) is 11.6 Å². The van der Waals surface area contributed by atoms with Crippen LogP contribution in [0.2, 0.25) is 0 Å². The lowest BCUT2D eigenvalue weighted by Gasteiger charge is -2.04. The molecule has 2 atom stereocenters. The minimum Gasteiger partial charge on any atom is -0.247 e.